The highest BCUT2D eigenvalue weighted by molar-refractivity contribution is 5.40. The van der Waals surface area contributed by atoms with Crippen LogP contribution < -0.4 is 10.1 Å². The third-order valence-electron chi connectivity index (χ3n) is 4.22. The average Bonchev–Trinajstić information content (AvgIpc) is 3.16. The molecule has 0 bridgehead atoms. The number of nitrogens with zero attached hydrogens (tertiary/aromatic N) is 2. The lowest BCUT2D eigenvalue weighted by atomic mass is 10.1. The summed E-state index contributed by atoms with van der Waals surface area (Å²) < 4.78 is 7.47. The molecule has 4 heteroatoms. The van der Waals surface area contributed by atoms with Crippen LogP contribution in [0.1, 0.15) is 36.4 Å². The molecule has 112 valence electrons. The largest absolute Gasteiger partial charge is 0.497 e. The van der Waals surface area contributed by atoms with Crippen molar-refractivity contribution in [1.82, 2.24) is 14.9 Å². The van der Waals surface area contributed by atoms with E-state index in [1.165, 1.54) is 36.8 Å². The number of methoxy groups -OCH3 is 1. The van der Waals surface area contributed by atoms with Crippen molar-refractivity contribution in [1.29, 1.82) is 0 Å². The summed E-state index contributed by atoms with van der Waals surface area (Å²) in [6.07, 6.45) is 10.5. The second-order valence-electron chi connectivity index (χ2n) is 5.62. The van der Waals surface area contributed by atoms with Gasteiger partial charge in [0.2, 0.25) is 0 Å². The fourth-order valence-electron chi connectivity index (χ4n) is 3.03. The summed E-state index contributed by atoms with van der Waals surface area (Å²) in [5.74, 6) is 0.961. The van der Waals surface area contributed by atoms with Gasteiger partial charge in [-0.3, -0.25) is 0 Å². The van der Waals surface area contributed by atoms with Crippen LogP contribution in [0, 0.1) is 0 Å². The molecule has 2 aromatic rings. The number of aromatic nitrogens is 2. The van der Waals surface area contributed by atoms with Crippen LogP contribution in [-0.4, -0.2) is 23.2 Å². The van der Waals surface area contributed by atoms with E-state index in [9.17, 15) is 0 Å². The minimum atomic E-state index is 0.489. The first-order valence-electron chi connectivity index (χ1n) is 7.73. The SMILES string of the molecule is COc1ccc2c(c1)C(NCCCCn1ccnc1)CC2. The smallest absolute Gasteiger partial charge is 0.119 e. The Hall–Kier alpha value is -1.81. The van der Waals surface area contributed by atoms with Crippen molar-refractivity contribution in [3.05, 3.63) is 48.0 Å². The van der Waals surface area contributed by atoms with Crippen LogP contribution in [0.3, 0.4) is 0 Å². The Bertz CT molecular complexity index is 565. The molecule has 1 aromatic heterocycles. The lowest BCUT2D eigenvalue weighted by Gasteiger charge is -2.15. The highest BCUT2D eigenvalue weighted by Crippen LogP contribution is 2.33. The molecule has 0 spiro atoms. The van der Waals surface area contributed by atoms with Gasteiger partial charge in [0.1, 0.15) is 5.75 Å². The maximum Gasteiger partial charge on any atom is 0.119 e. The lowest BCUT2D eigenvalue weighted by Crippen LogP contribution is -2.20. The van der Waals surface area contributed by atoms with E-state index in [1.807, 2.05) is 18.7 Å². The fraction of sp³-hybridized carbons (Fsp3) is 0.471. The first-order chi connectivity index (χ1) is 10.4. The molecule has 21 heavy (non-hydrogen) atoms. The van der Waals surface area contributed by atoms with Crippen molar-refractivity contribution in [2.45, 2.75) is 38.3 Å². The van der Waals surface area contributed by atoms with Gasteiger partial charge in [-0.15, -0.1) is 0 Å². The summed E-state index contributed by atoms with van der Waals surface area (Å²) in [5.41, 5.74) is 2.88. The summed E-state index contributed by atoms with van der Waals surface area (Å²) in [6.45, 7) is 2.12. The van der Waals surface area contributed by atoms with E-state index in [-0.39, 0.29) is 0 Å². The molecule has 0 radical (unpaired) electrons. The van der Waals surface area contributed by atoms with Crippen LogP contribution in [0.15, 0.2) is 36.9 Å². The molecule has 0 aliphatic heterocycles. The zero-order chi connectivity index (χ0) is 14.5. The van der Waals surface area contributed by atoms with Gasteiger partial charge in [0.05, 0.1) is 13.4 Å². The first-order valence-corrected chi connectivity index (χ1v) is 7.73. The van der Waals surface area contributed by atoms with Gasteiger partial charge in [-0.1, -0.05) is 6.07 Å². The first kappa shape index (κ1) is 14.1. The number of ether oxygens (including phenoxy) is 1. The molecule has 1 heterocycles. The van der Waals surface area contributed by atoms with Crippen LogP contribution in [0.2, 0.25) is 0 Å². The van der Waals surface area contributed by atoms with Crippen molar-refractivity contribution >= 4 is 0 Å². The Kier molecular flexibility index (Phi) is 4.55. The van der Waals surface area contributed by atoms with E-state index in [1.54, 1.807) is 7.11 Å². The van der Waals surface area contributed by atoms with Gasteiger partial charge in [0.15, 0.2) is 0 Å². The van der Waals surface area contributed by atoms with Crippen LogP contribution in [0.5, 0.6) is 5.75 Å². The summed E-state index contributed by atoms with van der Waals surface area (Å²) in [6, 6.07) is 6.94. The number of nitrogens with one attached hydrogen (secondary N) is 1. The summed E-state index contributed by atoms with van der Waals surface area (Å²) in [5, 5.41) is 3.69. The molecule has 1 atom stereocenters. The number of fused-ring (bicyclic) bond motifs is 1. The maximum atomic E-state index is 5.34. The zero-order valence-corrected chi connectivity index (χ0v) is 12.6. The molecule has 0 saturated heterocycles. The predicted octanol–water partition coefficient (Wildman–Crippen LogP) is 2.95. The van der Waals surface area contributed by atoms with Gasteiger partial charge < -0.3 is 14.6 Å². The number of unbranched alkanes of at least 4 members (excludes halogenated alkanes) is 1. The molecule has 0 saturated carbocycles. The van der Waals surface area contributed by atoms with E-state index >= 15 is 0 Å². The molecule has 0 amide bonds. The second kappa shape index (κ2) is 6.76. The zero-order valence-electron chi connectivity index (χ0n) is 12.6. The number of benzene rings is 1. The average molecular weight is 285 g/mol. The number of aryl methyl sites for hydroxylation is 2. The van der Waals surface area contributed by atoms with Crippen LogP contribution in [0.25, 0.3) is 0 Å². The number of imidazole rings is 1. The number of hydrogen-bond donors (Lipinski definition) is 1. The van der Waals surface area contributed by atoms with Gasteiger partial charge in [-0.25, -0.2) is 4.98 Å². The Morgan fingerprint density at radius 3 is 3.14 bits per heavy atom. The quantitative estimate of drug-likeness (QED) is 0.795. The minimum absolute atomic E-state index is 0.489. The third-order valence-corrected chi connectivity index (χ3v) is 4.22. The van der Waals surface area contributed by atoms with Gasteiger partial charge >= 0.3 is 0 Å². The molecule has 4 nitrogen and oxygen atoms in total. The number of hydrogen-bond acceptors (Lipinski definition) is 3. The van der Waals surface area contributed by atoms with E-state index < -0.39 is 0 Å². The molecule has 1 N–H and O–H groups in total. The standard InChI is InChI=1S/C17H23N3O/c1-21-15-6-4-14-5-7-17(16(14)12-15)19-8-2-3-10-20-11-9-18-13-20/h4,6,9,11-13,17,19H,2-3,5,7-8,10H2,1H3. The highest BCUT2D eigenvalue weighted by atomic mass is 16.5. The van der Waals surface area contributed by atoms with Crippen molar-refractivity contribution in [2.24, 2.45) is 0 Å². The van der Waals surface area contributed by atoms with Crippen molar-refractivity contribution in [2.75, 3.05) is 13.7 Å². The van der Waals surface area contributed by atoms with Gasteiger partial charge in [-0.2, -0.15) is 0 Å². The third kappa shape index (κ3) is 3.45. The summed E-state index contributed by atoms with van der Waals surface area (Å²) >= 11 is 0. The maximum absolute atomic E-state index is 5.34. The monoisotopic (exact) mass is 285 g/mol. The van der Waals surface area contributed by atoms with Crippen LogP contribution in [-0.2, 0) is 13.0 Å². The Morgan fingerprint density at radius 2 is 2.33 bits per heavy atom. The van der Waals surface area contributed by atoms with Crippen LogP contribution >= 0.6 is 0 Å². The van der Waals surface area contributed by atoms with Crippen molar-refractivity contribution in [3.63, 3.8) is 0 Å². The normalized spacial score (nSPS) is 16.9. The molecular weight excluding hydrogens is 262 g/mol. The lowest BCUT2D eigenvalue weighted by molar-refractivity contribution is 0.413. The van der Waals surface area contributed by atoms with E-state index in [0.29, 0.717) is 6.04 Å². The Labute approximate surface area is 126 Å². The Balaban J connectivity index is 1.45. The molecule has 1 unspecified atom stereocenters. The van der Waals surface area contributed by atoms with Gasteiger partial charge in [-0.05, 0) is 55.5 Å². The predicted molar refractivity (Wildman–Crippen MR) is 83.5 cm³/mol. The molecule has 1 aliphatic carbocycles. The molecule has 1 aromatic carbocycles. The van der Waals surface area contributed by atoms with E-state index in [0.717, 1.165) is 18.8 Å². The van der Waals surface area contributed by atoms with E-state index in [4.69, 9.17) is 4.74 Å². The molecule has 1 aliphatic rings. The van der Waals surface area contributed by atoms with Gasteiger partial charge in [0, 0.05) is 25.0 Å². The molecular formula is C17H23N3O. The Morgan fingerprint density at radius 1 is 1.38 bits per heavy atom. The molecule has 3 rings (SSSR count). The molecule has 0 fully saturated rings. The number of rotatable bonds is 7. The van der Waals surface area contributed by atoms with Crippen molar-refractivity contribution < 1.29 is 4.74 Å². The van der Waals surface area contributed by atoms with Crippen LogP contribution in [0.4, 0.5) is 0 Å². The van der Waals surface area contributed by atoms with E-state index in [2.05, 4.69) is 33.1 Å². The highest BCUT2D eigenvalue weighted by Gasteiger charge is 2.22. The summed E-state index contributed by atoms with van der Waals surface area (Å²) in [4.78, 5) is 4.06. The second-order valence-corrected chi connectivity index (χ2v) is 5.62. The van der Waals surface area contributed by atoms with Crippen molar-refractivity contribution in [3.8, 4) is 5.75 Å². The fourth-order valence-corrected chi connectivity index (χ4v) is 3.03. The summed E-state index contributed by atoms with van der Waals surface area (Å²) in [7, 11) is 1.73. The minimum Gasteiger partial charge on any atom is -0.497 e. The topological polar surface area (TPSA) is 39.1 Å². The van der Waals surface area contributed by atoms with Gasteiger partial charge in [0.25, 0.3) is 0 Å².